The molecule has 2 aromatic carbocycles. The highest BCUT2D eigenvalue weighted by Gasteiger charge is 2.55. The molecule has 0 radical (unpaired) electrons. The highest BCUT2D eigenvalue weighted by atomic mass is 32.7. The first-order valence-electron chi connectivity index (χ1n) is 22.7. The first-order valence-corrected chi connectivity index (χ1v) is 27.4. The Hall–Kier alpha value is -4.87. The van der Waals surface area contributed by atoms with Crippen LogP contribution in [0, 0.1) is 6.92 Å². The van der Waals surface area contributed by atoms with Crippen LogP contribution in [0.2, 0.25) is 0 Å². The molecule has 3 aromatic heterocycles. The third kappa shape index (κ3) is 12.2. The van der Waals surface area contributed by atoms with Gasteiger partial charge in [0.05, 0.1) is 31.7 Å². The third-order valence-corrected chi connectivity index (χ3v) is 16.5. The van der Waals surface area contributed by atoms with Crippen LogP contribution in [0.1, 0.15) is 92.2 Å². The number of carbonyl (C=O) groups excluding carboxylic acids is 1. The standard InChI is InChI=1S/C44H53F2N7O14P2S/c1-3-4-5-6-7-8-9-10-19-60-29-15-16-30(26(2)20-29)43(55)63-28-13-11-27(12-14-28)23-70-69(59)62-22-32-37(34(45)42(65-32)53-25-50-36-39(47)48-24-49-40(36)53)66-68(57,58)61-21-31-38(67-69)35(46)41(64-31)52-18-17-33(54)51-44(52)56/h11-18,20,24-25,31-32,34-35,37-38,41-42H,3-10,19,21-23H2,1-2H3,(H,57,58)(H2,47,48,49)(H,51,54,56)/t31-,32-,34-,35-,37-,38-,41-,42-,69?/m1/s1. The van der Waals surface area contributed by atoms with Crippen molar-refractivity contribution in [3.63, 3.8) is 0 Å². The van der Waals surface area contributed by atoms with Crippen molar-refractivity contribution in [2.45, 2.75) is 120 Å². The molecule has 3 fully saturated rings. The average Bonchev–Trinajstić information content (AvgIpc) is 3.99. The lowest BCUT2D eigenvalue weighted by molar-refractivity contribution is -0.0619. The average molecular weight is 1040 g/mol. The van der Waals surface area contributed by atoms with E-state index in [1.165, 1.54) is 57.0 Å². The van der Waals surface area contributed by atoms with Crippen molar-refractivity contribution in [2.75, 3.05) is 25.6 Å². The summed E-state index contributed by atoms with van der Waals surface area (Å²) in [6.07, 6.45) is -2.28. The van der Waals surface area contributed by atoms with Gasteiger partial charge in [0.2, 0.25) is 0 Å². The number of ether oxygens (including phenoxy) is 4. The smallest absolute Gasteiger partial charge is 0.472 e. The normalized spacial score (nSPS) is 28.1. The second kappa shape index (κ2) is 22.7. The number of anilines is 1. The van der Waals surface area contributed by atoms with Crippen LogP contribution in [-0.4, -0.2) is 96.5 Å². The number of aryl methyl sites for hydroxylation is 1. The van der Waals surface area contributed by atoms with Crippen molar-refractivity contribution < 1.29 is 64.6 Å². The van der Waals surface area contributed by atoms with Gasteiger partial charge in [0.1, 0.15) is 47.8 Å². The number of imidazole rings is 1. The number of nitrogens with one attached hydrogen (secondary N) is 1. The number of H-pyrrole nitrogens is 1. The number of hydrogen-bond donors (Lipinski definition) is 3. The number of unbranched alkanes of at least 4 members (excludes halogenated alkanes) is 7. The Bertz CT molecular complexity index is 2840. The number of fused-ring (bicyclic) bond motifs is 3. The van der Waals surface area contributed by atoms with Gasteiger partial charge in [-0.05, 0) is 66.2 Å². The Morgan fingerprint density at radius 3 is 2.23 bits per heavy atom. The fraction of sp³-hybridized carbons (Fsp3) is 0.500. The van der Waals surface area contributed by atoms with E-state index in [0.717, 1.165) is 36.0 Å². The van der Waals surface area contributed by atoms with Crippen molar-refractivity contribution in [1.29, 1.82) is 0 Å². The van der Waals surface area contributed by atoms with Crippen LogP contribution in [0.3, 0.4) is 0 Å². The summed E-state index contributed by atoms with van der Waals surface area (Å²) in [6.45, 7) is -1.85. The number of benzene rings is 2. The number of aromatic amines is 1. The summed E-state index contributed by atoms with van der Waals surface area (Å²) < 4.78 is 109. The van der Waals surface area contributed by atoms with Gasteiger partial charge in [0, 0.05) is 18.0 Å². The number of nitrogens with two attached hydrogens (primary N) is 1. The molecule has 6 heterocycles. The number of phosphoric acid groups is 1. The number of esters is 1. The van der Waals surface area contributed by atoms with Gasteiger partial charge in [-0.25, -0.2) is 42.5 Å². The maximum absolute atomic E-state index is 16.5. The van der Waals surface area contributed by atoms with Gasteiger partial charge in [0.25, 0.3) is 5.56 Å². The molecule has 21 nitrogen and oxygen atoms in total. The van der Waals surface area contributed by atoms with E-state index in [4.69, 9.17) is 42.8 Å². The van der Waals surface area contributed by atoms with E-state index in [9.17, 15) is 28.4 Å². The van der Waals surface area contributed by atoms with Gasteiger partial charge >= 0.3 is 26.3 Å². The fourth-order valence-electron chi connectivity index (χ4n) is 8.15. The van der Waals surface area contributed by atoms with Crippen LogP contribution in [0.5, 0.6) is 11.5 Å². The molecule has 0 saturated carbocycles. The van der Waals surface area contributed by atoms with Crippen LogP contribution >= 0.6 is 26.0 Å². The largest absolute Gasteiger partial charge is 0.494 e. The zero-order valence-electron chi connectivity index (χ0n) is 38.1. The fourth-order valence-corrected chi connectivity index (χ4v) is 12.5. The van der Waals surface area contributed by atoms with Crippen molar-refractivity contribution in [2.24, 2.45) is 0 Å². The number of alkyl halides is 2. The number of aromatic nitrogens is 6. The molecule has 8 rings (SSSR count). The molecule has 3 aliphatic rings. The number of carbonyl (C=O) groups is 1. The molecule has 26 heteroatoms. The van der Waals surface area contributed by atoms with Gasteiger partial charge in [-0.1, -0.05) is 64.0 Å². The molecule has 378 valence electrons. The lowest BCUT2D eigenvalue weighted by atomic mass is 10.1. The maximum atomic E-state index is 16.5. The summed E-state index contributed by atoms with van der Waals surface area (Å²) in [5.74, 6) is 0.129. The molecule has 0 bridgehead atoms. The summed E-state index contributed by atoms with van der Waals surface area (Å²) in [5.41, 5.74) is 5.77. The Balaban J connectivity index is 0.962. The van der Waals surface area contributed by atoms with Crippen molar-refractivity contribution in [3.05, 3.63) is 105 Å². The van der Waals surface area contributed by atoms with Crippen LogP contribution in [0.25, 0.3) is 11.2 Å². The molecular weight excluding hydrogens is 983 g/mol. The van der Waals surface area contributed by atoms with Crippen LogP contribution in [-0.2, 0) is 42.5 Å². The first kappa shape index (κ1) is 51.5. The van der Waals surface area contributed by atoms with Crippen molar-refractivity contribution in [3.8, 4) is 11.5 Å². The number of halogens is 2. The van der Waals surface area contributed by atoms with E-state index in [1.807, 2.05) is 4.98 Å². The number of rotatable bonds is 17. The molecule has 4 N–H and O–H groups in total. The SMILES string of the molecule is CCCCCCCCCCOc1ccc(C(=O)Oc2ccc(CSP3(=O)OC[C@H]4O[C@@H](n5cnc6c(N)ncnc65)[C@H](F)[C@@H]4OP(=O)(O)OC[C@H]4O[C@@H](n5ccc(=O)[nH]c5=O)[C@H](F)[C@@H]4O3)cc2)c(C)c1. The maximum Gasteiger partial charge on any atom is 0.472 e. The second-order valence-corrected chi connectivity index (χ2v) is 22.3. The minimum atomic E-state index is -5.24. The molecule has 2 unspecified atom stereocenters. The van der Waals surface area contributed by atoms with Crippen molar-refractivity contribution in [1.82, 2.24) is 29.1 Å². The van der Waals surface area contributed by atoms with Gasteiger partial charge in [-0.15, -0.1) is 0 Å². The van der Waals surface area contributed by atoms with Gasteiger partial charge in [-0.2, -0.15) is 0 Å². The Kier molecular flexibility index (Phi) is 16.7. The number of hydrogen-bond acceptors (Lipinski definition) is 18. The second-order valence-electron chi connectivity index (χ2n) is 16.9. The highest BCUT2D eigenvalue weighted by Crippen LogP contribution is 2.65. The van der Waals surface area contributed by atoms with E-state index in [-0.39, 0.29) is 28.5 Å². The first-order chi connectivity index (χ1) is 33.6. The molecule has 5 aromatic rings. The summed E-state index contributed by atoms with van der Waals surface area (Å²) in [6, 6.07) is 12.3. The number of nitrogen functional groups attached to an aromatic ring is 1. The van der Waals surface area contributed by atoms with E-state index in [1.54, 1.807) is 37.3 Å². The summed E-state index contributed by atoms with van der Waals surface area (Å²) in [4.78, 5) is 62.7. The third-order valence-electron chi connectivity index (χ3n) is 11.8. The molecule has 0 spiro atoms. The Labute approximate surface area is 403 Å². The van der Waals surface area contributed by atoms with Gasteiger partial charge in [-0.3, -0.25) is 37.0 Å². The van der Waals surface area contributed by atoms with E-state index in [2.05, 4.69) is 21.9 Å². The molecule has 0 aliphatic carbocycles. The summed E-state index contributed by atoms with van der Waals surface area (Å²) in [7, 11) is -5.24. The molecule has 70 heavy (non-hydrogen) atoms. The van der Waals surface area contributed by atoms with Crippen LogP contribution in [0.15, 0.2) is 77.0 Å². The summed E-state index contributed by atoms with van der Waals surface area (Å²) in [5, 5.41) is 0. The molecular formula is C44H53F2N7O14P2S. The monoisotopic (exact) mass is 1040 g/mol. The molecule has 10 atom stereocenters. The molecule has 3 saturated heterocycles. The quantitative estimate of drug-likeness (QED) is 0.0353. The van der Waals surface area contributed by atoms with Gasteiger partial charge in [0.15, 0.2) is 36.3 Å². The van der Waals surface area contributed by atoms with E-state index in [0.29, 0.717) is 45.0 Å². The van der Waals surface area contributed by atoms with E-state index < -0.39 is 94.3 Å². The predicted octanol–water partition coefficient (Wildman–Crippen LogP) is 7.44. The Morgan fingerprint density at radius 2 is 1.53 bits per heavy atom. The number of phosphoric ester groups is 1. The van der Waals surface area contributed by atoms with Crippen LogP contribution < -0.4 is 26.5 Å². The molecule has 0 amide bonds. The zero-order chi connectivity index (χ0) is 49.6. The van der Waals surface area contributed by atoms with Gasteiger partial charge < -0.3 is 29.6 Å². The predicted molar refractivity (Wildman–Crippen MR) is 250 cm³/mol. The topological polar surface area (TPSA) is 270 Å². The Morgan fingerprint density at radius 1 is 0.871 bits per heavy atom. The highest BCUT2D eigenvalue weighted by molar-refractivity contribution is 8.54. The summed E-state index contributed by atoms with van der Waals surface area (Å²) >= 11 is 0.598. The zero-order valence-corrected chi connectivity index (χ0v) is 40.7. The van der Waals surface area contributed by atoms with E-state index >= 15 is 8.78 Å². The minimum Gasteiger partial charge on any atom is -0.494 e. The molecule has 3 aliphatic heterocycles. The lowest BCUT2D eigenvalue weighted by Crippen LogP contribution is -2.38. The lowest BCUT2D eigenvalue weighted by Gasteiger charge is -2.29. The minimum absolute atomic E-state index is 0.0140. The van der Waals surface area contributed by atoms with Crippen LogP contribution in [0.4, 0.5) is 14.6 Å². The number of nitrogens with zero attached hydrogens (tertiary/aromatic N) is 5. The van der Waals surface area contributed by atoms with Crippen molar-refractivity contribution >= 4 is 49.0 Å².